The zero-order valence-electron chi connectivity index (χ0n) is 26.6. The van der Waals surface area contributed by atoms with Crippen molar-refractivity contribution in [3.63, 3.8) is 0 Å². The first-order valence-electron chi connectivity index (χ1n) is 15.7. The molecule has 3 N–H and O–H groups in total. The Kier molecular flexibility index (Phi) is 6.91. The lowest BCUT2D eigenvalue weighted by molar-refractivity contribution is -0.368. The van der Waals surface area contributed by atoms with Crippen molar-refractivity contribution in [2.75, 3.05) is 34.2 Å². The number of aliphatic hydroxyl groups excluding tert-OH is 2. The average molecular weight is 659 g/mol. The maximum Gasteiger partial charge on any atom is 0.310 e. The molecule has 10 atom stereocenters. The number of hydrogen-bond donors (Lipinski definition) is 3. The van der Waals surface area contributed by atoms with Gasteiger partial charge in [-0.15, -0.1) is 11.3 Å². The van der Waals surface area contributed by atoms with Gasteiger partial charge in [0, 0.05) is 11.8 Å². The van der Waals surface area contributed by atoms with E-state index in [-0.39, 0.29) is 30.6 Å². The number of thiophene rings is 1. The zero-order valence-corrected chi connectivity index (χ0v) is 25.4. The molecule has 3 saturated heterocycles. The minimum Gasteiger partial charge on any atom is -0.502 e. The Morgan fingerprint density at radius 3 is 2.41 bits per heavy atom. The molecule has 5 aliphatic rings. The van der Waals surface area contributed by atoms with Crippen LogP contribution in [0.1, 0.15) is 42.6 Å². The van der Waals surface area contributed by atoms with E-state index in [4.69, 9.17) is 45.4 Å². The van der Waals surface area contributed by atoms with Crippen molar-refractivity contribution in [2.24, 2.45) is 11.8 Å². The molecule has 4 aliphatic heterocycles. The highest BCUT2D eigenvalue weighted by Gasteiger charge is 2.56. The Bertz CT molecular complexity index is 1690. The van der Waals surface area contributed by atoms with Gasteiger partial charge in [-0.3, -0.25) is 4.79 Å². The molecule has 5 heterocycles. The lowest BCUT2D eigenvalue weighted by Gasteiger charge is -2.48. The summed E-state index contributed by atoms with van der Waals surface area (Å²) in [5.41, 5.74) is 1.40. The number of fused-ring (bicyclic) bond motifs is 4. The second-order valence-electron chi connectivity index (χ2n) is 11.5. The Balaban J connectivity index is 1.20. The number of aromatic hydroxyl groups is 1. The molecule has 46 heavy (non-hydrogen) atoms. The molecule has 14 heteroatoms. The zero-order chi connectivity index (χ0) is 33.5. The van der Waals surface area contributed by atoms with Crippen LogP contribution in [0.5, 0.6) is 28.7 Å². The molecule has 244 valence electrons. The lowest BCUT2D eigenvalue weighted by atomic mass is 9.66. The fourth-order valence-electron chi connectivity index (χ4n) is 6.93. The van der Waals surface area contributed by atoms with Crippen molar-refractivity contribution in [2.45, 2.75) is 49.0 Å². The number of carbonyl (C=O) groups is 1. The van der Waals surface area contributed by atoms with E-state index < -0.39 is 73.4 Å². The van der Waals surface area contributed by atoms with Crippen LogP contribution in [0.15, 0.2) is 41.8 Å². The Morgan fingerprint density at radius 2 is 1.72 bits per heavy atom. The van der Waals surface area contributed by atoms with Crippen LogP contribution in [0.3, 0.4) is 0 Å². The summed E-state index contributed by atoms with van der Waals surface area (Å²) in [4.78, 5) is 14.5. The molecule has 0 radical (unpaired) electrons. The highest BCUT2D eigenvalue weighted by Crippen LogP contribution is 2.57. The SMILES string of the molecule is [2H]C1([2H])OC(=O)[C@@H]2[C@H](c3cc(OC)c(O)c(OC)c3)c3cc4c(cc3[C@@H](O[C@@H]3O[C@@H]5CO[C@@H](c6cccs6)O[C@H]5[C@H](O)C3O)[C@H]21)OCO4. The number of methoxy groups -OCH3 is 2. The second kappa shape index (κ2) is 11.6. The van der Waals surface area contributed by atoms with Gasteiger partial charge < -0.3 is 58.0 Å². The van der Waals surface area contributed by atoms with Gasteiger partial charge in [0.25, 0.3) is 0 Å². The van der Waals surface area contributed by atoms with Crippen LogP contribution in [-0.2, 0) is 28.5 Å². The number of phenolic OH excluding ortho intramolecular Hbond substituents is 1. The monoisotopic (exact) mass is 658 g/mol. The van der Waals surface area contributed by atoms with Crippen molar-refractivity contribution in [3.8, 4) is 28.7 Å². The van der Waals surface area contributed by atoms with Gasteiger partial charge in [0.05, 0.1) is 47.0 Å². The molecule has 2 aromatic carbocycles. The summed E-state index contributed by atoms with van der Waals surface area (Å²) in [6, 6.07) is 10.1. The lowest BCUT2D eigenvalue weighted by Crippen LogP contribution is -2.62. The van der Waals surface area contributed by atoms with Gasteiger partial charge in [0.1, 0.15) is 24.4 Å². The first-order chi connectivity index (χ1) is 23.1. The van der Waals surface area contributed by atoms with Crippen LogP contribution >= 0.6 is 11.3 Å². The highest BCUT2D eigenvalue weighted by molar-refractivity contribution is 7.10. The Labute approximate surface area is 269 Å². The molecule has 8 rings (SSSR count). The number of benzene rings is 2. The Morgan fingerprint density at radius 1 is 0.978 bits per heavy atom. The van der Waals surface area contributed by atoms with Gasteiger partial charge in [-0.2, -0.15) is 0 Å². The van der Waals surface area contributed by atoms with E-state index in [0.29, 0.717) is 28.2 Å². The third-order valence-corrected chi connectivity index (χ3v) is 10.0. The normalized spacial score (nSPS) is 36.0. The predicted molar refractivity (Wildman–Crippen MR) is 156 cm³/mol. The molecule has 3 fully saturated rings. The molecule has 1 unspecified atom stereocenters. The van der Waals surface area contributed by atoms with Crippen molar-refractivity contribution in [3.05, 3.63) is 63.3 Å². The number of hydrogen-bond acceptors (Lipinski definition) is 14. The van der Waals surface area contributed by atoms with Crippen LogP contribution in [0.2, 0.25) is 0 Å². The average Bonchev–Trinajstić information content (AvgIpc) is 3.82. The van der Waals surface area contributed by atoms with E-state index in [9.17, 15) is 20.1 Å². The summed E-state index contributed by atoms with van der Waals surface area (Å²) in [5.74, 6) is -3.44. The van der Waals surface area contributed by atoms with E-state index in [0.717, 1.165) is 4.88 Å². The number of phenols is 1. The minimum absolute atomic E-state index is 0.0257. The van der Waals surface area contributed by atoms with Crippen LogP contribution in [0.4, 0.5) is 0 Å². The molecule has 13 nitrogen and oxygen atoms in total. The molecular weight excluding hydrogens is 624 g/mol. The third-order valence-electron chi connectivity index (χ3n) is 9.11. The summed E-state index contributed by atoms with van der Waals surface area (Å²) in [5, 5.41) is 35.1. The van der Waals surface area contributed by atoms with Crippen molar-refractivity contribution in [1.29, 1.82) is 0 Å². The number of ether oxygens (including phenoxy) is 9. The van der Waals surface area contributed by atoms with Gasteiger partial charge in [0.15, 0.2) is 35.6 Å². The van der Waals surface area contributed by atoms with Gasteiger partial charge in [0.2, 0.25) is 12.5 Å². The summed E-state index contributed by atoms with van der Waals surface area (Å²) in [6.45, 7) is -2.56. The fraction of sp³-hybridized carbons (Fsp3) is 0.469. The minimum atomic E-state index is -2.53. The predicted octanol–water partition coefficient (Wildman–Crippen LogP) is 2.75. The summed E-state index contributed by atoms with van der Waals surface area (Å²) in [6.07, 6.45) is -8.29. The van der Waals surface area contributed by atoms with Crippen LogP contribution < -0.4 is 18.9 Å². The molecule has 3 aromatic rings. The van der Waals surface area contributed by atoms with Crippen LogP contribution in [0, 0.1) is 11.8 Å². The van der Waals surface area contributed by atoms with Gasteiger partial charge in [-0.25, -0.2) is 0 Å². The van der Waals surface area contributed by atoms with E-state index >= 15 is 0 Å². The van der Waals surface area contributed by atoms with Crippen molar-refractivity contribution in [1.82, 2.24) is 0 Å². The largest absolute Gasteiger partial charge is 0.502 e. The third kappa shape index (κ3) is 4.70. The first-order valence-corrected chi connectivity index (χ1v) is 15.6. The molecule has 0 saturated carbocycles. The number of rotatable bonds is 6. The van der Waals surface area contributed by atoms with Crippen LogP contribution in [-0.4, -0.2) is 86.2 Å². The van der Waals surface area contributed by atoms with Crippen molar-refractivity contribution >= 4 is 17.3 Å². The standard InChI is InChI=1S/C32H32O13S/c1-37-19-6-13(7-20(38-2)25(19)33)23-14-8-17-18(42-12-41-17)9-15(14)28(16-10-39-30(36)24(16)23)44-32-27(35)26(34)29-21(43-32)11-40-31(45-29)22-4-3-5-46-22/h3-9,16,21,23-24,26-29,31-35H,10-12H2,1-2H3/t16-,21+,23+,24-,26+,27?,28+,29+,31+,32-/m0/s1/i10D2. The van der Waals surface area contributed by atoms with Gasteiger partial charge >= 0.3 is 5.97 Å². The molecule has 1 aromatic heterocycles. The molecule has 1 aliphatic carbocycles. The summed E-state index contributed by atoms with van der Waals surface area (Å²) < 4.78 is 69.7. The topological polar surface area (TPSA) is 161 Å². The maximum atomic E-state index is 13.7. The second-order valence-corrected chi connectivity index (χ2v) is 12.5. The Hall–Kier alpha value is -3.63. The highest BCUT2D eigenvalue weighted by atomic mass is 32.1. The maximum absolute atomic E-state index is 13.7. The van der Waals surface area contributed by atoms with E-state index in [1.54, 1.807) is 24.3 Å². The number of esters is 1. The van der Waals surface area contributed by atoms with E-state index in [1.807, 2.05) is 17.5 Å². The van der Waals surface area contributed by atoms with E-state index in [1.165, 1.54) is 25.6 Å². The summed E-state index contributed by atoms with van der Waals surface area (Å²) in [7, 11) is 2.75. The quantitative estimate of drug-likeness (QED) is 0.332. The first kappa shape index (κ1) is 27.5. The molecule has 0 amide bonds. The number of carbonyl (C=O) groups excluding carboxylic acids is 1. The molecular formula is C32H32O13S. The van der Waals surface area contributed by atoms with E-state index in [2.05, 4.69) is 0 Å². The molecule has 0 spiro atoms. The molecule has 0 bridgehead atoms. The summed E-state index contributed by atoms with van der Waals surface area (Å²) >= 11 is 1.43. The number of aliphatic hydroxyl groups is 2. The smallest absolute Gasteiger partial charge is 0.310 e. The van der Waals surface area contributed by atoms with Gasteiger partial charge in [-0.1, -0.05) is 6.07 Å². The number of cyclic esters (lactones) is 1. The van der Waals surface area contributed by atoms with Gasteiger partial charge in [-0.05, 0) is 52.4 Å². The van der Waals surface area contributed by atoms with Crippen molar-refractivity contribution < 1.29 is 65.5 Å². The fourth-order valence-corrected chi connectivity index (χ4v) is 7.63. The van der Waals surface area contributed by atoms with Crippen LogP contribution in [0.25, 0.3) is 0 Å².